The molecule has 0 unspecified atom stereocenters. The van der Waals surface area contributed by atoms with E-state index in [9.17, 15) is 5.11 Å². The Hall–Kier alpha value is -2.36. The van der Waals surface area contributed by atoms with E-state index in [2.05, 4.69) is 9.97 Å². The van der Waals surface area contributed by atoms with E-state index in [1.807, 2.05) is 18.2 Å². The van der Waals surface area contributed by atoms with Crippen molar-refractivity contribution in [3.63, 3.8) is 0 Å². The Morgan fingerprint density at radius 2 is 2.12 bits per heavy atom. The van der Waals surface area contributed by atoms with Crippen molar-refractivity contribution in [3.05, 3.63) is 48.0 Å². The molecule has 4 heteroatoms. The van der Waals surface area contributed by atoms with Gasteiger partial charge in [0.05, 0.1) is 12.8 Å². The molecule has 4 nitrogen and oxygen atoms in total. The maximum absolute atomic E-state index is 9.48. The Labute approximate surface area is 99.2 Å². The van der Waals surface area contributed by atoms with E-state index >= 15 is 0 Å². The molecule has 2 rings (SSSR count). The summed E-state index contributed by atoms with van der Waals surface area (Å²) in [6.45, 7) is 0. The van der Waals surface area contributed by atoms with Crippen LogP contribution in [0.5, 0.6) is 11.5 Å². The molecule has 17 heavy (non-hydrogen) atoms. The van der Waals surface area contributed by atoms with E-state index in [1.165, 1.54) is 6.33 Å². The molecule has 0 bridgehead atoms. The topological polar surface area (TPSA) is 55.2 Å². The number of aromatic nitrogens is 2. The van der Waals surface area contributed by atoms with E-state index in [-0.39, 0.29) is 5.75 Å². The Balaban J connectivity index is 2.24. The van der Waals surface area contributed by atoms with Crippen molar-refractivity contribution in [2.45, 2.75) is 0 Å². The second kappa shape index (κ2) is 5.12. The molecule has 0 aliphatic rings. The summed E-state index contributed by atoms with van der Waals surface area (Å²) in [6.07, 6.45) is 6.86. The summed E-state index contributed by atoms with van der Waals surface area (Å²) in [5.41, 5.74) is 1.66. The highest BCUT2D eigenvalue weighted by molar-refractivity contribution is 5.69. The zero-order chi connectivity index (χ0) is 12.1. The molecule has 0 spiro atoms. The summed E-state index contributed by atoms with van der Waals surface area (Å²) in [4.78, 5) is 7.90. The van der Waals surface area contributed by atoms with Crippen LogP contribution in [0, 0.1) is 0 Å². The number of hydrogen-bond donors (Lipinski definition) is 1. The van der Waals surface area contributed by atoms with E-state index in [1.54, 1.807) is 31.5 Å². The fourth-order valence-electron chi connectivity index (χ4n) is 1.40. The molecule has 1 aromatic heterocycles. The van der Waals surface area contributed by atoms with Crippen LogP contribution in [0.4, 0.5) is 0 Å². The van der Waals surface area contributed by atoms with Crippen molar-refractivity contribution >= 4 is 12.2 Å². The van der Waals surface area contributed by atoms with Gasteiger partial charge in [-0.25, -0.2) is 9.97 Å². The van der Waals surface area contributed by atoms with Crippen LogP contribution < -0.4 is 4.74 Å². The Kier molecular flexibility index (Phi) is 3.35. The molecule has 0 saturated heterocycles. The molecular weight excluding hydrogens is 216 g/mol. The Morgan fingerprint density at radius 1 is 1.24 bits per heavy atom. The van der Waals surface area contributed by atoms with Gasteiger partial charge in [0.1, 0.15) is 17.8 Å². The molecule has 0 amide bonds. The molecule has 0 aliphatic heterocycles. The molecule has 0 atom stereocenters. The summed E-state index contributed by atoms with van der Waals surface area (Å²) in [6, 6.07) is 6.84. The normalized spacial score (nSPS) is 10.6. The van der Waals surface area contributed by atoms with E-state index in [0.29, 0.717) is 5.75 Å². The number of phenols is 1. The fraction of sp³-hybridized carbons (Fsp3) is 0.0769. The number of nitrogens with zero attached hydrogens (tertiary/aromatic N) is 2. The lowest BCUT2D eigenvalue weighted by molar-refractivity contribution is 0.407. The molecule has 2 aromatic rings. The van der Waals surface area contributed by atoms with Gasteiger partial charge in [-0.15, -0.1) is 0 Å². The fourth-order valence-corrected chi connectivity index (χ4v) is 1.40. The second-order valence-corrected chi connectivity index (χ2v) is 3.43. The van der Waals surface area contributed by atoms with Gasteiger partial charge in [-0.3, -0.25) is 0 Å². The summed E-state index contributed by atoms with van der Waals surface area (Å²) >= 11 is 0. The van der Waals surface area contributed by atoms with Gasteiger partial charge >= 0.3 is 0 Å². The van der Waals surface area contributed by atoms with Crippen LogP contribution in [0.25, 0.3) is 12.2 Å². The van der Waals surface area contributed by atoms with E-state index in [0.717, 1.165) is 11.3 Å². The third-order valence-electron chi connectivity index (χ3n) is 2.20. The van der Waals surface area contributed by atoms with Gasteiger partial charge in [0.15, 0.2) is 0 Å². The number of ether oxygens (including phenoxy) is 1. The molecular formula is C13H12N2O2. The first-order valence-electron chi connectivity index (χ1n) is 5.10. The summed E-state index contributed by atoms with van der Waals surface area (Å²) in [5.74, 6) is 0.791. The van der Waals surface area contributed by atoms with Crippen LogP contribution >= 0.6 is 0 Å². The van der Waals surface area contributed by atoms with Gasteiger partial charge in [-0.1, -0.05) is 6.08 Å². The summed E-state index contributed by atoms with van der Waals surface area (Å²) in [5, 5.41) is 9.48. The predicted octanol–water partition coefficient (Wildman–Crippen LogP) is 2.36. The number of rotatable bonds is 3. The van der Waals surface area contributed by atoms with Crippen LogP contribution in [0.1, 0.15) is 11.3 Å². The number of methoxy groups -OCH3 is 1. The molecule has 0 saturated carbocycles. The maximum Gasteiger partial charge on any atom is 0.123 e. The molecule has 0 fully saturated rings. The van der Waals surface area contributed by atoms with Crippen LogP contribution in [0.2, 0.25) is 0 Å². The maximum atomic E-state index is 9.48. The van der Waals surface area contributed by atoms with Crippen LogP contribution in [0.15, 0.2) is 36.8 Å². The van der Waals surface area contributed by atoms with Gasteiger partial charge in [0.25, 0.3) is 0 Å². The van der Waals surface area contributed by atoms with Crippen LogP contribution in [-0.4, -0.2) is 22.2 Å². The van der Waals surface area contributed by atoms with Crippen molar-refractivity contribution in [2.75, 3.05) is 7.11 Å². The van der Waals surface area contributed by atoms with Crippen molar-refractivity contribution < 1.29 is 9.84 Å². The van der Waals surface area contributed by atoms with Crippen molar-refractivity contribution in [1.29, 1.82) is 0 Å². The lowest BCUT2D eigenvalue weighted by Gasteiger charge is -2.02. The third-order valence-corrected chi connectivity index (χ3v) is 2.20. The van der Waals surface area contributed by atoms with Crippen LogP contribution in [-0.2, 0) is 0 Å². The quantitative estimate of drug-likeness (QED) is 0.876. The largest absolute Gasteiger partial charge is 0.508 e. The average Bonchev–Trinajstić information content (AvgIpc) is 2.37. The first-order chi connectivity index (χ1) is 8.28. The highest BCUT2D eigenvalue weighted by Gasteiger charge is 1.97. The highest BCUT2D eigenvalue weighted by Crippen LogP contribution is 2.22. The van der Waals surface area contributed by atoms with E-state index in [4.69, 9.17) is 4.74 Å². The van der Waals surface area contributed by atoms with Gasteiger partial charge in [-0.2, -0.15) is 0 Å². The molecule has 86 valence electrons. The molecule has 0 radical (unpaired) electrons. The molecule has 1 aromatic carbocycles. The number of aromatic hydroxyl groups is 1. The Bertz CT molecular complexity index is 524. The predicted molar refractivity (Wildman–Crippen MR) is 65.6 cm³/mol. The van der Waals surface area contributed by atoms with Gasteiger partial charge in [0.2, 0.25) is 0 Å². The number of phenolic OH excluding ortho intramolecular Hbond substituents is 1. The van der Waals surface area contributed by atoms with Crippen molar-refractivity contribution in [3.8, 4) is 11.5 Å². The Morgan fingerprint density at radius 3 is 2.82 bits per heavy atom. The first-order valence-corrected chi connectivity index (χ1v) is 5.10. The zero-order valence-electron chi connectivity index (χ0n) is 9.37. The van der Waals surface area contributed by atoms with Crippen molar-refractivity contribution in [2.24, 2.45) is 0 Å². The monoisotopic (exact) mass is 228 g/mol. The zero-order valence-corrected chi connectivity index (χ0v) is 9.37. The average molecular weight is 228 g/mol. The lowest BCUT2D eigenvalue weighted by Crippen LogP contribution is -1.84. The minimum atomic E-state index is 0.173. The summed E-state index contributed by atoms with van der Waals surface area (Å²) in [7, 11) is 1.56. The molecule has 1 N–H and O–H groups in total. The minimum Gasteiger partial charge on any atom is -0.508 e. The standard InChI is InChI=1S/C13H12N2O2/c1-17-13-7-10(6-12(16)8-13)2-3-11-4-5-14-9-15-11/h2-9,16H,1H3/b3-2+. The lowest BCUT2D eigenvalue weighted by atomic mass is 10.1. The van der Waals surface area contributed by atoms with Crippen LogP contribution in [0.3, 0.4) is 0 Å². The smallest absolute Gasteiger partial charge is 0.123 e. The van der Waals surface area contributed by atoms with Gasteiger partial charge < -0.3 is 9.84 Å². The number of benzene rings is 1. The highest BCUT2D eigenvalue weighted by atomic mass is 16.5. The third kappa shape index (κ3) is 3.04. The number of hydrogen-bond acceptors (Lipinski definition) is 4. The second-order valence-electron chi connectivity index (χ2n) is 3.43. The van der Waals surface area contributed by atoms with Crippen molar-refractivity contribution in [1.82, 2.24) is 9.97 Å². The SMILES string of the molecule is COc1cc(O)cc(/C=C/c2ccncn2)c1. The van der Waals surface area contributed by atoms with Gasteiger partial charge in [-0.05, 0) is 29.8 Å². The first kappa shape index (κ1) is 11.1. The minimum absolute atomic E-state index is 0.173. The molecule has 0 aliphatic carbocycles. The summed E-state index contributed by atoms with van der Waals surface area (Å²) < 4.78 is 5.07. The van der Waals surface area contributed by atoms with Gasteiger partial charge in [0, 0.05) is 12.3 Å². The molecule has 1 heterocycles. The van der Waals surface area contributed by atoms with E-state index < -0.39 is 0 Å².